The van der Waals surface area contributed by atoms with E-state index in [0.29, 0.717) is 18.8 Å². The third kappa shape index (κ3) is 4.73. The monoisotopic (exact) mass is 293 g/mol. The summed E-state index contributed by atoms with van der Waals surface area (Å²) in [4.78, 5) is 24.6. The molecule has 0 unspecified atom stereocenters. The van der Waals surface area contributed by atoms with Crippen LogP contribution in [0.4, 0.5) is 11.4 Å². The summed E-state index contributed by atoms with van der Waals surface area (Å²) < 4.78 is 0. The van der Waals surface area contributed by atoms with Gasteiger partial charge in [-0.15, -0.1) is 0 Å². The topological polar surface area (TPSA) is 75.5 Å². The minimum absolute atomic E-state index is 0.0710. The molecule has 1 rings (SSSR count). The zero-order valence-corrected chi connectivity index (χ0v) is 13.3. The second kappa shape index (κ2) is 6.56. The minimum atomic E-state index is -0.520. The number of carbonyl (C=O) groups excluding carboxylic acids is 1. The lowest BCUT2D eigenvalue weighted by atomic mass is 9.96. The van der Waals surface area contributed by atoms with E-state index in [0.717, 1.165) is 0 Å². The Labute approximate surface area is 125 Å². The number of anilines is 1. The minimum Gasteiger partial charge on any atom is -0.385 e. The van der Waals surface area contributed by atoms with Gasteiger partial charge in [0, 0.05) is 31.9 Å². The van der Waals surface area contributed by atoms with Gasteiger partial charge < -0.3 is 10.2 Å². The molecule has 1 amide bonds. The van der Waals surface area contributed by atoms with Crippen LogP contribution >= 0.6 is 0 Å². The van der Waals surface area contributed by atoms with Crippen LogP contribution in [-0.4, -0.2) is 35.9 Å². The van der Waals surface area contributed by atoms with Gasteiger partial charge in [-0.05, 0) is 24.5 Å². The molecular weight excluding hydrogens is 270 g/mol. The summed E-state index contributed by atoms with van der Waals surface area (Å²) in [7, 11) is 1.66. The molecule has 0 aliphatic carbocycles. The molecule has 1 aromatic carbocycles. The number of nitrogens with one attached hydrogen (secondary N) is 1. The van der Waals surface area contributed by atoms with Crippen LogP contribution in [0.2, 0.25) is 0 Å². The first-order chi connectivity index (χ1) is 9.65. The average molecular weight is 293 g/mol. The quantitative estimate of drug-likeness (QED) is 0.668. The summed E-state index contributed by atoms with van der Waals surface area (Å²) in [6.07, 6.45) is 0. The maximum absolute atomic E-state index is 12.5. The smallest absolute Gasteiger partial charge is 0.282 e. The van der Waals surface area contributed by atoms with Crippen molar-refractivity contribution in [1.82, 2.24) is 4.90 Å². The van der Waals surface area contributed by atoms with Crippen LogP contribution in [0.15, 0.2) is 18.2 Å². The zero-order chi connectivity index (χ0) is 16.2. The Morgan fingerprint density at radius 2 is 2.00 bits per heavy atom. The molecule has 1 aromatic rings. The van der Waals surface area contributed by atoms with Gasteiger partial charge >= 0.3 is 0 Å². The highest BCUT2D eigenvalue weighted by Gasteiger charge is 2.25. The van der Waals surface area contributed by atoms with E-state index in [4.69, 9.17) is 0 Å². The SMILES string of the molecule is CCNc1ccc([N+](=O)[O-])c(C(=O)N(C)CC(C)(C)C)c1. The first kappa shape index (κ1) is 16.9. The lowest BCUT2D eigenvalue weighted by Crippen LogP contribution is -2.34. The third-order valence-electron chi connectivity index (χ3n) is 2.86. The molecule has 6 nitrogen and oxygen atoms in total. The number of rotatable bonds is 5. The van der Waals surface area contributed by atoms with E-state index >= 15 is 0 Å². The highest BCUT2D eigenvalue weighted by Crippen LogP contribution is 2.25. The average Bonchev–Trinajstić information content (AvgIpc) is 2.35. The maximum atomic E-state index is 12.5. The zero-order valence-electron chi connectivity index (χ0n) is 13.3. The summed E-state index contributed by atoms with van der Waals surface area (Å²) in [6.45, 7) is 9.17. The normalized spacial score (nSPS) is 11.1. The number of benzene rings is 1. The van der Waals surface area contributed by atoms with Crippen LogP contribution in [0.1, 0.15) is 38.1 Å². The van der Waals surface area contributed by atoms with Crippen molar-refractivity contribution in [2.24, 2.45) is 5.41 Å². The van der Waals surface area contributed by atoms with Crippen LogP contribution in [0.25, 0.3) is 0 Å². The van der Waals surface area contributed by atoms with E-state index in [1.165, 1.54) is 11.0 Å². The van der Waals surface area contributed by atoms with Gasteiger partial charge in [0.15, 0.2) is 0 Å². The number of hydrogen-bond acceptors (Lipinski definition) is 4. The Balaban J connectivity index is 3.15. The van der Waals surface area contributed by atoms with Crippen molar-refractivity contribution in [3.8, 4) is 0 Å². The van der Waals surface area contributed by atoms with E-state index in [9.17, 15) is 14.9 Å². The van der Waals surface area contributed by atoms with Gasteiger partial charge in [-0.2, -0.15) is 0 Å². The van der Waals surface area contributed by atoms with E-state index in [1.807, 2.05) is 27.7 Å². The predicted octanol–water partition coefficient (Wildman–Crippen LogP) is 3.14. The fourth-order valence-electron chi connectivity index (χ4n) is 2.17. The molecule has 0 bridgehead atoms. The van der Waals surface area contributed by atoms with Crippen LogP contribution in [-0.2, 0) is 0 Å². The van der Waals surface area contributed by atoms with E-state index in [-0.39, 0.29) is 22.6 Å². The number of carbonyl (C=O) groups is 1. The molecule has 0 aromatic heterocycles. The van der Waals surface area contributed by atoms with Crippen LogP contribution < -0.4 is 5.32 Å². The van der Waals surface area contributed by atoms with Gasteiger partial charge in [-0.1, -0.05) is 20.8 Å². The second-order valence-corrected chi connectivity index (χ2v) is 6.24. The van der Waals surface area contributed by atoms with Crippen molar-refractivity contribution < 1.29 is 9.72 Å². The molecule has 116 valence electrons. The van der Waals surface area contributed by atoms with Gasteiger partial charge in [0.2, 0.25) is 0 Å². The third-order valence-corrected chi connectivity index (χ3v) is 2.86. The van der Waals surface area contributed by atoms with Crippen molar-refractivity contribution in [2.45, 2.75) is 27.7 Å². The number of hydrogen-bond donors (Lipinski definition) is 1. The van der Waals surface area contributed by atoms with Crippen LogP contribution in [0.3, 0.4) is 0 Å². The largest absolute Gasteiger partial charge is 0.385 e. The number of nitro benzene ring substituents is 1. The van der Waals surface area contributed by atoms with Gasteiger partial charge in [0.05, 0.1) is 4.92 Å². The number of amides is 1. The standard InChI is InChI=1S/C15H23N3O3/c1-6-16-11-7-8-13(18(20)21)12(9-11)14(19)17(5)10-15(2,3)4/h7-9,16H,6,10H2,1-5H3. The summed E-state index contributed by atoms with van der Waals surface area (Å²) in [5.41, 5.74) is 0.585. The summed E-state index contributed by atoms with van der Waals surface area (Å²) in [5.74, 6) is -0.337. The van der Waals surface area contributed by atoms with Crippen LogP contribution in [0, 0.1) is 15.5 Å². The maximum Gasteiger partial charge on any atom is 0.282 e. The van der Waals surface area contributed by atoms with Crippen molar-refractivity contribution in [3.05, 3.63) is 33.9 Å². The molecular formula is C15H23N3O3. The molecule has 0 saturated heterocycles. The fraction of sp³-hybridized carbons (Fsp3) is 0.533. The fourth-order valence-corrected chi connectivity index (χ4v) is 2.17. The first-order valence-corrected chi connectivity index (χ1v) is 6.93. The van der Waals surface area contributed by atoms with Gasteiger partial charge in [-0.3, -0.25) is 14.9 Å². The highest BCUT2D eigenvalue weighted by molar-refractivity contribution is 5.99. The number of nitrogens with zero attached hydrogens (tertiary/aromatic N) is 2. The van der Waals surface area contributed by atoms with Gasteiger partial charge in [0.25, 0.3) is 11.6 Å². The highest BCUT2D eigenvalue weighted by atomic mass is 16.6. The molecule has 1 N–H and O–H groups in total. The molecule has 6 heteroatoms. The van der Waals surface area contributed by atoms with Crippen molar-refractivity contribution >= 4 is 17.3 Å². The first-order valence-electron chi connectivity index (χ1n) is 6.93. The summed E-state index contributed by atoms with van der Waals surface area (Å²) in [6, 6.07) is 4.53. The van der Waals surface area contributed by atoms with Gasteiger partial charge in [-0.25, -0.2) is 0 Å². The number of nitro groups is 1. The molecule has 0 heterocycles. The van der Waals surface area contributed by atoms with Crippen molar-refractivity contribution in [3.63, 3.8) is 0 Å². The molecule has 0 spiro atoms. The van der Waals surface area contributed by atoms with Crippen LogP contribution in [0.5, 0.6) is 0 Å². The van der Waals surface area contributed by atoms with Crippen molar-refractivity contribution in [1.29, 1.82) is 0 Å². The predicted molar refractivity (Wildman–Crippen MR) is 83.7 cm³/mol. The lowest BCUT2D eigenvalue weighted by Gasteiger charge is -2.26. The second-order valence-electron chi connectivity index (χ2n) is 6.24. The van der Waals surface area contributed by atoms with E-state index < -0.39 is 4.92 Å². The molecule has 0 fully saturated rings. The molecule has 0 aliphatic heterocycles. The Morgan fingerprint density at radius 1 is 1.38 bits per heavy atom. The Hall–Kier alpha value is -2.11. The van der Waals surface area contributed by atoms with E-state index in [2.05, 4.69) is 5.32 Å². The Bertz CT molecular complexity index is 535. The molecule has 0 radical (unpaired) electrons. The molecule has 0 atom stereocenters. The Morgan fingerprint density at radius 3 is 2.48 bits per heavy atom. The summed E-state index contributed by atoms with van der Waals surface area (Å²) in [5, 5.41) is 14.2. The lowest BCUT2D eigenvalue weighted by molar-refractivity contribution is -0.385. The molecule has 0 aliphatic rings. The molecule has 0 saturated carbocycles. The van der Waals surface area contributed by atoms with Crippen molar-refractivity contribution in [2.75, 3.05) is 25.5 Å². The van der Waals surface area contributed by atoms with Gasteiger partial charge in [0.1, 0.15) is 5.56 Å². The summed E-state index contributed by atoms with van der Waals surface area (Å²) >= 11 is 0. The molecule has 21 heavy (non-hydrogen) atoms. The Kier molecular flexibility index (Phi) is 5.29. The van der Waals surface area contributed by atoms with E-state index in [1.54, 1.807) is 19.2 Å².